The molecule has 0 fully saturated rings. The number of aliphatic hydroxyl groups is 1. The molecule has 1 rings (SSSR count). The van der Waals surface area contributed by atoms with Gasteiger partial charge in [0.15, 0.2) is 0 Å². The van der Waals surface area contributed by atoms with Crippen molar-refractivity contribution in [3.05, 3.63) is 28.8 Å². The lowest BCUT2D eigenvalue weighted by Crippen LogP contribution is -2.20. The first-order valence-electron chi connectivity index (χ1n) is 4.35. The zero-order valence-corrected chi connectivity index (χ0v) is 9.39. The maximum Gasteiger partial charge on any atom is 0.0992 e. The molecule has 0 saturated carbocycles. The van der Waals surface area contributed by atoms with Gasteiger partial charge in [0.05, 0.1) is 34.3 Å². The topological polar surface area (TPSA) is 56.0 Å². The Morgan fingerprint density at radius 2 is 2.27 bits per heavy atom. The summed E-state index contributed by atoms with van der Waals surface area (Å²) in [5.74, 6) is 0.168. The van der Waals surface area contributed by atoms with Crippen LogP contribution in [0.2, 0.25) is 5.02 Å². The Balaban J connectivity index is 2.67. The lowest BCUT2D eigenvalue weighted by Gasteiger charge is -2.11. The van der Waals surface area contributed by atoms with Gasteiger partial charge >= 0.3 is 0 Å². The summed E-state index contributed by atoms with van der Waals surface area (Å²) in [6.45, 7) is 0.328. The van der Waals surface area contributed by atoms with Crippen LogP contribution < -0.4 is 5.32 Å². The van der Waals surface area contributed by atoms with E-state index in [9.17, 15) is 5.11 Å². The number of hydrogen-bond donors (Lipinski definition) is 2. The highest BCUT2D eigenvalue weighted by Gasteiger charge is 2.04. The maximum absolute atomic E-state index is 9.22. The minimum atomic E-state index is -0.613. The number of rotatable bonds is 4. The summed E-state index contributed by atoms with van der Waals surface area (Å²) in [6.07, 6.45) is -0.613. The van der Waals surface area contributed by atoms with E-state index in [2.05, 4.69) is 5.32 Å². The molecule has 0 bridgehead atoms. The predicted octanol–water partition coefficient (Wildman–Crippen LogP) is 2.22. The summed E-state index contributed by atoms with van der Waals surface area (Å²) >= 11 is 11.3. The van der Waals surface area contributed by atoms with E-state index in [0.717, 1.165) is 0 Å². The van der Waals surface area contributed by atoms with E-state index >= 15 is 0 Å². The minimum Gasteiger partial charge on any atom is -0.390 e. The predicted molar refractivity (Wildman–Crippen MR) is 61.4 cm³/mol. The van der Waals surface area contributed by atoms with Crippen LogP contribution in [0.5, 0.6) is 0 Å². The highest BCUT2D eigenvalue weighted by molar-refractivity contribution is 6.33. The van der Waals surface area contributed by atoms with E-state index in [1.165, 1.54) is 0 Å². The van der Waals surface area contributed by atoms with Crippen LogP contribution in [0, 0.1) is 11.3 Å². The summed E-state index contributed by atoms with van der Waals surface area (Å²) in [5.41, 5.74) is 1.18. The lowest BCUT2D eigenvalue weighted by molar-refractivity contribution is 0.211. The molecular weight excluding hydrogens is 235 g/mol. The Bertz CT molecular complexity index is 376. The van der Waals surface area contributed by atoms with Gasteiger partial charge in [-0.1, -0.05) is 11.6 Å². The summed E-state index contributed by atoms with van der Waals surface area (Å²) < 4.78 is 0. The minimum absolute atomic E-state index is 0.168. The van der Waals surface area contributed by atoms with Crippen LogP contribution >= 0.6 is 23.2 Å². The van der Waals surface area contributed by atoms with Crippen molar-refractivity contribution >= 4 is 28.9 Å². The van der Waals surface area contributed by atoms with Gasteiger partial charge in [-0.05, 0) is 18.2 Å². The highest BCUT2D eigenvalue weighted by atomic mass is 35.5. The molecule has 1 atom stereocenters. The summed E-state index contributed by atoms with van der Waals surface area (Å²) in [6, 6.07) is 6.91. The Hall–Kier alpha value is -0.950. The second-order valence-corrected chi connectivity index (χ2v) is 3.71. The molecule has 0 spiro atoms. The number of alkyl halides is 1. The van der Waals surface area contributed by atoms with Crippen LogP contribution in [0.4, 0.5) is 5.69 Å². The third kappa shape index (κ3) is 3.60. The summed E-state index contributed by atoms with van der Waals surface area (Å²) in [7, 11) is 0. The van der Waals surface area contributed by atoms with Gasteiger partial charge in [-0.15, -0.1) is 11.6 Å². The molecule has 15 heavy (non-hydrogen) atoms. The zero-order chi connectivity index (χ0) is 11.3. The van der Waals surface area contributed by atoms with E-state index in [4.69, 9.17) is 28.5 Å². The number of hydrogen-bond acceptors (Lipinski definition) is 3. The number of halogens is 2. The number of nitriles is 1. The molecule has 0 aliphatic carbocycles. The van der Waals surface area contributed by atoms with Gasteiger partial charge in [0.25, 0.3) is 0 Å². The Labute approximate surface area is 98.2 Å². The fourth-order valence-corrected chi connectivity index (χ4v) is 1.37. The molecule has 2 N–H and O–H groups in total. The van der Waals surface area contributed by atoms with Gasteiger partial charge in [-0.25, -0.2) is 0 Å². The first-order valence-corrected chi connectivity index (χ1v) is 5.26. The molecular formula is C10H10Cl2N2O. The highest BCUT2D eigenvalue weighted by Crippen LogP contribution is 2.22. The first kappa shape index (κ1) is 12.1. The molecule has 80 valence electrons. The average molecular weight is 245 g/mol. The van der Waals surface area contributed by atoms with Crippen molar-refractivity contribution in [1.82, 2.24) is 0 Å². The number of nitrogens with zero attached hydrogens (tertiary/aromatic N) is 1. The molecule has 1 unspecified atom stereocenters. The van der Waals surface area contributed by atoms with Crippen molar-refractivity contribution in [3.8, 4) is 6.07 Å². The standard InChI is InChI=1S/C10H10Cl2N2O/c11-4-8(15)6-14-10-2-1-7(5-13)3-9(10)12/h1-3,8,14-15H,4,6H2. The Kier molecular flexibility index (Phi) is 4.70. The largest absolute Gasteiger partial charge is 0.390 e. The van der Waals surface area contributed by atoms with Crippen molar-refractivity contribution in [2.75, 3.05) is 17.7 Å². The zero-order valence-electron chi connectivity index (χ0n) is 7.87. The normalized spacial score (nSPS) is 11.9. The fourth-order valence-electron chi connectivity index (χ4n) is 1.01. The van der Waals surface area contributed by atoms with Crippen LogP contribution in [0.1, 0.15) is 5.56 Å². The van der Waals surface area contributed by atoms with Gasteiger partial charge in [0.2, 0.25) is 0 Å². The lowest BCUT2D eigenvalue weighted by atomic mass is 10.2. The van der Waals surface area contributed by atoms with Crippen LogP contribution in [-0.4, -0.2) is 23.6 Å². The van der Waals surface area contributed by atoms with E-state index in [-0.39, 0.29) is 5.88 Å². The average Bonchev–Trinajstić information content (AvgIpc) is 2.26. The van der Waals surface area contributed by atoms with Crippen molar-refractivity contribution in [2.45, 2.75) is 6.10 Å². The molecule has 0 saturated heterocycles. The Morgan fingerprint density at radius 1 is 1.53 bits per heavy atom. The second kappa shape index (κ2) is 5.82. The van der Waals surface area contributed by atoms with Crippen molar-refractivity contribution < 1.29 is 5.11 Å². The van der Waals surface area contributed by atoms with Crippen LogP contribution in [0.15, 0.2) is 18.2 Å². The van der Waals surface area contributed by atoms with Gasteiger partial charge in [0.1, 0.15) is 0 Å². The molecule has 0 aliphatic heterocycles. The third-order valence-electron chi connectivity index (χ3n) is 1.80. The quantitative estimate of drug-likeness (QED) is 0.799. The molecule has 3 nitrogen and oxygen atoms in total. The third-order valence-corrected chi connectivity index (χ3v) is 2.47. The summed E-state index contributed by atoms with van der Waals surface area (Å²) in [5, 5.41) is 21.2. The number of anilines is 1. The molecule has 0 radical (unpaired) electrons. The Morgan fingerprint density at radius 3 is 2.80 bits per heavy atom. The molecule has 0 aliphatic rings. The van der Waals surface area contributed by atoms with Crippen LogP contribution in [0.3, 0.4) is 0 Å². The number of benzene rings is 1. The van der Waals surface area contributed by atoms with E-state index < -0.39 is 6.10 Å². The van der Waals surface area contributed by atoms with E-state index in [0.29, 0.717) is 22.8 Å². The van der Waals surface area contributed by atoms with Crippen LogP contribution in [0.25, 0.3) is 0 Å². The fraction of sp³-hybridized carbons (Fsp3) is 0.300. The van der Waals surface area contributed by atoms with E-state index in [1.54, 1.807) is 18.2 Å². The van der Waals surface area contributed by atoms with Crippen molar-refractivity contribution in [2.24, 2.45) is 0 Å². The van der Waals surface area contributed by atoms with E-state index in [1.807, 2.05) is 6.07 Å². The molecule has 5 heteroatoms. The molecule has 1 aromatic rings. The number of nitrogens with one attached hydrogen (secondary N) is 1. The molecule has 0 amide bonds. The smallest absolute Gasteiger partial charge is 0.0992 e. The SMILES string of the molecule is N#Cc1ccc(NCC(O)CCl)c(Cl)c1. The molecule has 1 aromatic carbocycles. The van der Waals surface area contributed by atoms with Gasteiger partial charge in [-0.2, -0.15) is 5.26 Å². The van der Waals surface area contributed by atoms with Crippen molar-refractivity contribution in [1.29, 1.82) is 5.26 Å². The van der Waals surface area contributed by atoms with Gasteiger partial charge in [-0.3, -0.25) is 0 Å². The number of aliphatic hydroxyl groups excluding tert-OH is 1. The summed E-state index contributed by atoms with van der Waals surface area (Å²) in [4.78, 5) is 0. The second-order valence-electron chi connectivity index (χ2n) is 3.00. The van der Waals surface area contributed by atoms with Crippen LogP contribution in [-0.2, 0) is 0 Å². The molecule has 0 heterocycles. The monoisotopic (exact) mass is 244 g/mol. The molecule has 0 aromatic heterocycles. The van der Waals surface area contributed by atoms with Crippen molar-refractivity contribution in [3.63, 3.8) is 0 Å². The van der Waals surface area contributed by atoms with Gasteiger partial charge < -0.3 is 10.4 Å². The first-order chi connectivity index (χ1) is 7.17. The maximum atomic E-state index is 9.22. The van der Waals surface area contributed by atoms with Gasteiger partial charge in [0, 0.05) is 6.54 Å².